The third kappa shape index (κ3) is 2.32. The van der Waals surface area contributed by atoms with Crippen molar-refractivity contribution in [1.29, 1.82) is 0 Å². The summed E-state index contributed by atoms with van der Waals surface area (Å²) < 4.78 is 0. The predicted molar refractivity (Wildman–Crippen MR) is 66.6 cm³/mol. The molecule has 0 fully saturated rings. The Morgan fingerprint density at radius 1 is 1.06 bits per heavy atom. The van der Waals surface area contributed by atoms with Gasteiger partial charge in [-0.05, 0) is 24.0 Å². The van der Waals surface area contributed by atoms with Gasteiger partial charge < -0.3 is 4.98 Å². The van der Waals surface area contributed by atoms with Gasteiger partial charge in [0, 0.05) is 18.3 Å². The van der Waals surface area contributed by atoms with Crippen LogP contribution >= 0.6 is 0 Å². The zero-order valence-electron chi connectivity index (χ0n) is 9.96. The van der Waals surface area contributed by atoms with Crippen LogP contribution in [0.3, 0.4) is 0 Å². The molecule has 1 N–H and O–H groups in total. The van der Waals surface area contributed by atoms with Gasteiger partial charge in [-0.3, -0.25) is 0 Å². The largest absolute Gasteiger partial charge is 0.346 e. The zero-order chi connectivity index (χ0) is 11.4. The maximum absolute atomic E-state index is 4.40. The Bertz CT molecular complexity index is 457. The van der Waals surface area contributed by atoms with E-state index in [-0.39, 0.29) is 0 Å². The zero-order valence-corrected chi connectivity index (χ0v) is 9.96. The number of rotatable bonds is 4. The fourth-order valence-corrected chi connectivity index (χ4v) is 1.93. The first-order valence-electron chi connectivity index (χ1n) is 5.93. The Labute approximate surface area is 96.7 Å². The topological polar surface area (TPSA) is 28.7 Å². The van der Waals surface area contributed by atoms with E-state index in [9.17, 15) is 0 Å². The highest BCUT2D eigenvalue weighted by molar-refractivity contribution is 5.29. The van der Waals surface area contributed by atoms with Crippen molar-refractivity contribution in [1.82, 2.24) is 9.97 Å². The van der Waals surface area contributed by atoms with E-state index >= 15 is 0 Å². The second-order valence-corrected chi connectivity index (χ2v) is 4.01. The van der Waals surface area contributed by atoms with Gasteiger partial charge in [0.2, 0.25) is 0 Å². The summed E-state index contributed by atoms with van der Waals surface area (Å²) in [6.07, 6.45) is 4.94. The number of nitrogens with one attached hydrogen (secondary N) is 1. The second-order valence-electron chi connectivity index (χ2n) is 4.01. The SMILES string of the molecule is CCc1cnc(Cc2ccccc2CC)[nH]1. The molecule has 16 heavy (non-hydrogen) atoms. The van der Waals surface area contributed by atoms with Crippen molar-refractivity contribution in [3.8, 4) is 0 Å². The molecule has 0 amide bonds. The molecule has 0 saturated carbocycles. The van der Waals surface area contributed by atoms with Crippen LogP contribution in [0, 0.1) is 0 Å². The maximum atomic E-state index is 4.40. The van der Waals surface area contributed by atoms with E-state index in [0.717, 1.165) is 25.1 Å². The van der Waals surface area contributed by atoms with Gasteiger partial charge in [0.15, 0.2) is 0 Å². The lowest BCUT2D eigenvalue weighted by atomic mass is 10.0. The summed E-state index contributed by atoms with van der Waals surface area (Å²) in [6, 6.07) is 8.58. The lowest BCUT2D eigenvalue weighted by molar-refractivity contribution is 0.966. The van der Waals surface area contributed by atoms with E-state index in [1.54, 1.807) is 0 Å². The van der Waals surface area contributed by atoms with E-state index < -0.39 is 0 Å². The molecule has 0 spiro atoms. The summed E-state index contributed by atoms with van der Waals surface area (Å²) in [5, 5.41) is 0. The van der Waals surface area contributed by atoms with Gasteiger partial charge in [0.05, 0.1) is 0 Å². The summed E-state index contributed by atoms with van der Waals surface area (Å²) in [7, 11) is 0. The lowest BCUT2D eigenvalue weighted by Crippen LogP contribution is -1.96. The molecule has 0 aliphatic rings. The Morgan fingerprint density at radius 3 is 2.44 bits per heavy atom. The smallest absolute Gasteiger partial charge is 0.110 e. The number of aromatic nitrogens is 2. The highest BCUT2D eigenvalue weighted by atomic mass is 14.9. The van der Waals surface area contributed by atoms with Gasteiger partial charge >= 0.3 is 0 Å². The molecule has 2 aromatic rings. The van der Waals surface area contributed by atoms with Crippen LogP contribution in [0.4, 0.5) is 0 Å². The number of hydrogen-bond donors (Lipinski definition) is 1. The maximum Gasteiger partial charge on any atom is 0.110 e. The molecule has 0 bridgehead atoms. The first-order valence-corrected chi connectivity index (χ1v) is 5.93. The minimum Gasteiger partial charge on any atom is -0.346 e. The molecule has 0 unspecified atom stereocenters. The monoisotopic (exact) mass is 214 g/mol. The van der Waals surface area contributed by atoms with Crippen LogP contribution in [0.2, 0.25) is 0 Å². The van der Waals surface area contributed by atoms with Crippen molar-refractivity contribution in [3.05, 3.63) is 53.1 Å². The number of hydrogen-bond acceptors (Lipinski definition) is 1. The minimum atomic E-state index is 0.907. The molecule has 84 valence electrons. The van der Waals surface area contributed by atoms with Crippen LogP contribution in [0.5, 0.6) is 0 Å². The molecule has 0 aliphatic heterocycles. The highest BCUT2D eigenvalue weighted by Gasteiger charge is 2.04. The number of aryl methyl sites for hydroxylation is 2. The Kier molecular flexibility index (Phi) is 3.40. The third-order valence-electron chi connectivity index (χ3n) is 2.92. The highest BCUT2D eigenvalue weighted by Crippen LogP contribution is 2.13. The number of imidazole rings is 1. The van der Waals surface area contributed by atoms with E-state index in [4.69, 9.17) is 0 Å². The Morgan fingerprint density at radius 2 is 1.81 bits per heavy atom. The molecule has 1 heterocycles. The number of H-pyrrole nitrogens is 1. The average molecular weight is 214 g/mol. The van der Waals surface area contributed by atoms with Crippen molar-refractivity contribution in [2.45, 2.75) is 33.1 Å². The molecule has 2 nitrogen and oxygen atoms in total. The summed E-state index contributed by atoms with van der Waals surface area (Å²) in [5.74, 6) is 1.07. The van der Waals surface area contributed by atoms with Crippen LogP contribution < -0.4 is 0 Å². The molecule has 2 rings (SSSR count). The standard InChI is InChI=1S/C14H18N2/c1-3-11-7-5-6-8-12(11)9-14-15-10-13(4-2)16-14/h5-8,10H,3-4,9H2,1-2H3,(H,15,16). The second kappa shape index (κ2) is 4.97. The number of aromatic amines is 1. The van der Waals surface area contributed by atoms with Gasteiger partial charge in [0.25, 0.3) is 0 Å². The lowest BCUT2D eigenvalue weighted by Gasteiger charge is -2.05. The molecule has 0 radical (unpaired) electrons. The van der Waals surface area contributed by atoms with E-state index in [1.807, 2.05) is 6.20 Å². The number of benzene rings is 1. The van der Waals surface area contributed by atoms with Crippen molar-refractivity contribution in [2.75, 3.05) is 0 Å². The summed E-state index contributed by atoms with van der Waals surface area (Å²) in [4.78, 5) is 7.75. The summed E-state index contributed by atoms with van der Waals surface area (Å²) in [6.45, 7) is 4.33. The summed E-state index contributed by atoms with van der Waals surface area (Å²) >= 11 is 0. The fraction of sp³-hybridized carbons (Fsp3) is 0.357. The number of nitrogens with zero attached hydrogens (tertiary/aromatic N) is 1. The molecule has 0 aliphatic carbocycles. The summed E-state index contributed by atoms with van der Waals surface area (Å²) in [5.41, 5.74) is 4.00. The van der Waals surface area contributed by atoms with E-state index in [1.165, 1.54) is 16.8 Å². The van der Waals surface area contributed by atoms with Gasteiger partial charge in [-0.25, -0.2) is 4.98 Å². The molecule has 0 atom stereocenters. The predicted octanol–water partition coefficient (Wildman–Crippen LogP) is 3.13. The van der Waals surface area contributed by atoms with Crippen LogP contribution in [0.1, 0.15) is 36.5 Å². The van der Waals surface area contributed by atoms with Crippen molar-refractivity contribution >= 4 is 0 Å². The van der Waals surface area contributed by atoms with Crippen molar-refractivity contribution in [2.24, 2.45) is 0 Å². The Balaban J connectivity index is 2.19. The third-order valence-corrected chi connectivity index (χ3v) is 2.92. The fourth-order valence-electron chi connectivity index (χ4n) is 1.93. The minimum absolute atomic E-state index is 0.907. The van der Waals surface area contributed by atoms with Crippen LogP contribution in [-0.2, 0) is 19.3 Å². The molecule has 1 aromatic carbocycles. The van der Waals surface area contributed by atoms with Crippen molar-refractivity contribution in [3.63, 3.8) is 0 Å². The van der Waals surface area contributed by atoms with Gasteiger partial charge in [-0.1, -0.05) is 38.1 Å². The molecule has 2 heteroatoms. The normalized spacial score (nSPS) is 10.6. The first kappa shape index (κ1) is 10.9. The van der Waals surface area contributed by atoms with Crippen LogP contribution in [-0.4, -0.2) is 9.97 Å². The molecular formula is C14H18N2. The van der Waals surface area contributed by atoms with Gasteiger partial charge in [0.1, 0.15) is 5.82 Å². The van der Waals surface area contributed by atoms with Crippen LogP contribution in [0.15, 0.2) is 30.5 Å². The quantitative estimate of drug-likeness (QED) is 0.832. The first-order chi connectivity index (χ1) is 7.83. The molecular weight excluding hydrogens is 196 g/mol. The van der Waals surface area contributed by atoms with E-state index in [2.05, 4.69) is 48.1 Å². The van der Waals surface area contributed by atoms with Crippen LogP contribution in [0.25, 0.3) is 0 Å². The molecule has 1 aromatic heterocycles. The van der Waals surface area contributed by atoms with E-state index in [0.29, 0.717) is 0 Å². The average Bonchev–Trinajstić information content (AvgIpc) is 2.77. The Hall–Kier alpha value is -1.57. The molecule has 0 saturated heterocycles. The van der Waals surface area contributed by atoms with Gasteiger partial charge in [-0.2, -0.15) is 0 Å². The van der Waals surface area contributed by atoms with Gasteiger partial charge in [-0.15, -0.1) is 0 Å². The van der Waals surface area contributed by atoms with Crippen molar-refractivity contribution < 1.29 is 0 Å².